The topological polar surface area (TPSA) is 67.2 Å². The van der Waals surface area contributed by atoms with Crippen molar-refractivity contribution in [2.24, 2.45) is 5.73 Å². The summed E-state index contributed by atoms with van der Waals surface area (Å²) in [6.07, 6.45) is 2.23. The van der Waals surface area contributed by atoms with Crippen molar-refractivity contribution in [3.63, 3.8) is 0 Å². The van der Waals surface area contributed by atoms with Crippen LogP contribution >= 0.6 is 0 Å². The standard InChI is InChI=1S/C16H17N3O/c17-16(20)19-13-8-6-12(7-9-13)18-15-10-5-11-3-1-2-4-14(11)15/h1-4,6-9,15,18H,5,10H2,(H3,17,19,20). The summed E-state index contributed by atoms with van der Waals surface area (Å²) in [6.45, 7) is 0. The van der Waals surface area contributed by atoms with Gasteiger partial charge in [0.05, 0.1) is 6.04 Å². The molecule has 20 heavy (non-hydrogen) atoms. The molecule has 1 aliphatic carbocycles. The van der Waals surface area contributed by atoms with Crippen molar-refractivity contribution in [1.82, 2.24) is 0 Å². The van der Waals surface area contributed by atoms with Gasteiger partial charge in [-0.05, 0) is 48.2 Å². The molecule has 4 heteroatoms. The number of nitrogens with one attached hydrogen (secondary N) is 2. The normalized spacial score (nSPS) is 16.5. The van der Waals surface area contributed by atoms with Crippen LogP contribution in [-0.2, 0) is 6.42 Å². The second-order valence-corrected chi connectivity index (χ2v) is 5.00. The number of carbonyl (C=O) groups is 1. The van der Waals surface area contributed by atoms with E-state index in [1.807, 2.05) is 24.3 Å². The van der Waals surface area contributed by atoms with E-state index in [0.29, 0.717) is 11.7 Å². The highest BCUT2D eigenvalue weighted by Gasteiger charge is 2.21. The summed E-state index contributed by atoms with van der Waals surface area (Å²) in [6, 6.07) is 15.9. The van der Waals surface area contributed by atoms with Gasteiger partial charge in [0.15, 0.2) is 0 Å². The first-order valence-corrected chi connectivity index (χ1v) is 6.73. The Hall–Kier alpha value is -2.49. The third-order valence-corrected chi connectivity index (χ3v) is 3.63. The number of benzene rings is 2. The Balaban J connectivity index is 1.71. The molecule has 1 unspecified atom stereocenters. The zero-order valence-corrected chi connectivity index (χ0v) is 11.1. The lowest BCUT2D eigenvalue weighted by Gasteiger charge is -2.16. The lowest BCUT2D eigenvalue weighted by molar-refractivity contribution is 0.259. The molecule has 0 spiro atoms. The minimum absolute atomic E-state index is 0.362. The first-order valence-electron chi connectivity index (χ1n) is 6.73. The summed E-state index contributed by atoms with van der Waals surface area (Å²) in [7, 11) is 0. The number of hydrogen-bond donors (Lipinski definition) is 3. The van der Waals surface area contributed by atoms with Crippen LogP contribution < -0.4 is 16.4 Å². The predicted molar refractivity (Wildman–Crippen MR) is 80.8 cm³/mol. The van der Waals surface area contributed by atoms with Crippen molar-refractivity contribution < 1.29 is 4.79 Å². The van der Waals surface area contributed by atoms with Gasteiger partial charge in [-0.3, -0.25) is 0 Å². The number of hydrogen-bond acceptors (Lipinski definition) is 2. The Morgan fingerprint density at radius 3 is 2.50 bits per heavy atom. The van der Waals surface area contributed by atoms with E-state index in [0.717, 1.165) is 18.5 Å². The molecular formula is C16H17N3O. The summed E-state index contributed by atoms with van der Waals surface area (Å²) in [5.74, 6) is 0. The number of anilines is 2. The average molecular weight is 267 g/mol. The Morgan fingerprint density at radius 1 is 1.05 bits per heavy atom. The van der Waals surface area contributed by atoms with Gasteiger partial charge in [0, 0.05) is 11.4 Å². The van der Waals surface area contributed by atoms with Crippen LogP contribution in [0.4, 0.5) is 16.2 Å². The molecule has 102 valence electrons. The van der Waals surface area contributed by atoms with Gasteiger partial charge in [0.2, 0.25) is 0 Å². The van der Waals surface area contributed by atoms with E-state index in [2.05, 4.69) is 34.9 Å². The van der Waals surface area contributed by atoms with Crippen molar-refractivity contribution in [2.75, 3.05) is 10.6 Å². The van der Waals surface area contributed by atoms with E-state index in [-0.39, 0.29) is 0 Å². The zero-order valence-electron chi connectivity index (χ0n) is 11.1. The highest BCUT2D eigenvalue weighted by atomic mass is 16.2. The van der Waals surface area contributed by atoms with Gasteiger partial charge in [0.25, 0.3) is 0 Å². The quantitative estimate of drug-likeness (QED) is 0.799. The Kier molecular flexibility index (Phi) is 3.29. The smallest absolute Gasteiger partial charge is 0.316 e. The molecule has 2 aromatic carbocycles. The second-order valence-electron chi connectivity index (χ2n) is 5.00. The second kappa shape index (κ2) is 5.25. The third-order valence-electron chi connectivity index (χ3n) is 3.63. The van der Waals surface area contributed by atoms with Gasteiger partial charge in [-0.25, -0.2) is 4.79 Å². The molecule has 0 aliphatic heterocycles. The van der Waals surface area contributed by atoms with Gasteiger partial charge >= 0.3 is 6.03 Å². The molecule has 0 heterocycles. The minimum atomic E-state index is -0.546. The molecule has 0 aromatic heterocycles. The highest BCUT2D eigenvalue weighted by Crippen LogP contribution is 2.33. The summed E-state index contributed by atoms with van der Waals surface area (Å²) in [4.78, 5) is 10.8. The predicted octanol–water partition coefficient (Wildman–Crippen LogP) is 3.28. The van der Waals surface area contributed by atoms with Crippen molar-refractivity contribution in [2.45, 2.75) is 18.9 Å². The fraction of sp³-hybridized carbons (Fsp3) is 0.188. The number of fused-ring (bicyclic) bond motifs is 1. The van der Waals surface area contributed by atoms with Crippen molar-refractivity contribution >= 4 is 17.4 Å². The first-order chi connectivity index (χ1) is 9.72. The van der Waals surface area contributed by atoms with Crippen LogP contribution in [0.1, 0.15) is 23.6 Å². The summed E-state index contributed by atoms with van der Waals surface area (Å²) < 4.78 is 0. The summed E-state index contributed by atoms with van der Waals surface area (Å²) >= 11 is 0. The van der Waals surface area contributed by atoms with E-state index in [1.54, 1.807) is 0 Å². The lowest BCUT2D eigenvalue weighted by Crippen LogP contribution is -2.19. The van der Waals surface area contributed by atoms with Crippen LogP contribution in [0, 0.1) is 0 Å². The zero-order chi connectivity index (χ0) is 13.9. The molecule has 3 rings (SSSR count). The van der Waals surface area contributed by atoms with E-state index in [4.69, 9.17) is 5.73 Å². The number of amides is 2. The third kappa shape index (κ3) is 2.59. The van der Waals surface area contributed by atoms with E-state index >= 15 is 0 Å². The molecule has 0 saturated heterocycles. The van der Waals surface area contributed by atoms with Gasteiger partial charge in [-0.1, -0.05) is 24.3 Å². The maximum absolute atomic E-state index is 10.8. The molecule has 4 nitrogen and oxygen atoms in total. The van der Waals surface area contributed by atoms with Gasteiger partial charge < -0.3 is 16.4 Å². The fourth-order valence-electron chi connectivity index (χ4n) is 2.70. The van der Waals surface area contributed by atoms with Crippen LogP contribution in [-0.4, -0.2) is 6.03 Å². The molecular weight excluding hydrogens is 250 g/mol. The monoisotopic (exact) mass is 267 g/mol. The van der Waals surface area contributed by atoms with E-state index in [9.17, 15) is 4.79 Å². The number of primary amides is 1. The van der Waals surface area contributed by atoms with Crippen molar-refractivity contribution in [1.29, 1.82) is 0 Å². The minimum Gasteiger partial charge on any atom is -0.378 e. The molecule has 1 aliphatic rings. The van der Waals surface area contributed by atoms with Crippen molar-refractivity contribution in [3.05, 3.63) is 59.7 Å². The molecule has 2 aromatic rings. The molecule has 0 bridgehead atoms. The average Bonchev–Trinajstić information content (AvgIpc) is 2.84. The fourth-order valence-corrected chi connectivity index (χ4v) is 2.70. The largest absolute Gasteiger partial charge is 0.378 e. The summed E-state index contributed by atoms with van der Waals surface area (Å²) in [5, 5.41) is 6.09. The van der Waals surface area contributed by atoms with E-state index in [1.165, 1.54) is 11.1 Å². The Bertz CT molecular complexity index is 622. The maximum atomic E-state index is 10.8. The van der Waals surface area contributed by atoms with Crippen molar-refractivity contribution in [3.8, 4) is 0 Å². The SMILES string of the molecule is NC(=O)Nc1ccc(NC2CCc3ccccc32)cc1. The number of carbonyl (C=O) groups excluding carboxylic acids is 1. The number of nitrogens with two attached hydrogens (primary N) is 1. The maximum Gasteiger partial charge on any atom is 0.316 e. The highest BCUT2D eigenvalue weighted by molar-refractivity contribution is 5.87. The molecule has 1 atom stereocenters. The van der Waals surface area contributed by atoms with E-state index < -0.39 is 6.03 Å². The van der Waals surface area contributed by atoms with Crippen LogP contribution in [0.25, 0.3) is 0 Å². The Labute approximate surface area is 118 Å². The van der Waals surface area contributed by atoms with Gasteiger partial charge in [-0.2, -0.15) is 0 Å². The van der Waals surface area contributed by atoms with Crippen LogP contribution in [0.2, 0.25) is 0 Å². The number of aryl methyl sites for hydroxylation is 1. The number of rotatable bonds is 3. The van der Waals surface area contributed by atoms with Crippen LogP contribution in [0.15, 0.2) is 48.5 Å². The van der Waals surface area contributed by atoms with Crippen LogP contribution in [0.3, 0.4) is 0 Å². The molecule has 0 saturated carbocycles. The van der Waals surface area contributed by atoms with Gasteiger partial charge in [-0.15, -0.1) is 0 Å². The number of urea groups is 1. The molecule has 2 amide bonds. The van der Waals surface area contributed by atoms with Crippen LogP contribution in [0.5, 0.6) is 0 Å². The first kappa shape index (κ1) is 12.5. The molecule has 4 N–H and O–H groups in total. The Morgan fingerprint density at radius 2 is 1.75 bits per heavy atom. The molecule has 0 radical (unpaired) electrons. The summed E-state index contributed by atoms with van der Waals surface area (Å²) in [5.41, 5.74) is 9.64. The lowest BCUT2D eigenvalue weighted by atomic mass is 10.1. The molecule has 0 fully saturated rings. The van der Waals surface area contributed by atoms with Gasteiger partial charge in [0.1, 0.15) is 0 Å².